The summed E-state index contributed by atoms with van der Waals surface area (Å²) >= 11 is 0. The number of carbonyl (C=O) groups is 1. The standard InChI is InChI=1S/C13H15FN6O/c1-20(2)12-10(15)11(16-7-17-12)18-19-13(21)8-5-3-4-6-9(8)14/h3-7H,15H2,1-2H3,(H,19,21)(H,16,17,18). The Morgan fingerprint density at radius 3 is 2.67 bits per heavy atom. The van der Waals surface area contributed by atoms with Gasteiger partial charge in [-0.1, -0.05) is 12.1 Å². The zero-order chi connectivity index (χ0) is 15.4. The van der Waals surface area contributed by atoms with Gasteiger partial charge in [-0.3, -0.25) is 15.6 Å². The molecule has 0 aliphatic heterocycles. The molecular formula is C13H15FN6O. The minimum absolute atomic E-state index is 0.0783. The summed E-state index contributed by atoms with van der Waals surface area (Å²) in [6, 6.07) is 5.66. The summed E-state index contributed by atoms with van der Waals surface area (Å²) in [4.78, 5) is 21.5. The van der Waals surface area contributed by atoms with Crippen molar-refractivity contribution in [1.29, 1.82) is 0 Å². The molecule has 1 amide bonds. The van der Waals surface area contributed by atoms with Gasteiger partial charge in [0, 0.05) is 14.1 Å². The summed E-state index contributed by atoms with van der Waals surface area (Å²) in [5, 5.41) is 0. The summed E-state index contributed by atoms with van der Waals surface area (Å²) in [6.45, 7) is 0. The molecule has 0 unspecified atom stereocenters. The number of nitrogens with one attached hydrogen (secondary N) is 2. The Hall–Kier alpha value is -2.90. The average molecular weight is 290 g/mol. The number of aromatic nitrogens is 2. The predicted octanol–water partition coefficient (Wildman–Crippen LogP) is 1.02. The van der Waals surface area contributed by atoms with E-state index in [2.05, 4.69) is 20.8 Å². The number of benzene rings is 1. The number of halogens is 1. The summed E-state index contributed by atoms with van der Waals surface area (Å²) in [7, 11) is 3.56. The molecule has 0 radical (unpaired) electrons. The van der Waals surface area contributed by atoms with Gasteiger partial charge >= 0.3 is 0 Å². The molecule has 4 N–H and O–H groups in total. The maximum absolute atomic E-state index is 13.5. The van der Waals surface area contributed by atoms with Gasteiger partial charge in [0.15, 0.2) is 11.6 Å². The number of hydrazine groups is 1. The van der Waals surface area contributed by atoms with Crippen molar-refractivity contribution in [2.24, 2.45) is 0 Å². The fraction of sp³-hybridized carbons (Fsp3) is 0.154. The number of rotatable bonds is 4. The maximum Gasteiger partial charge on any atom is 0.272 e. The quantitative estimate of drug-likeness (QED) is 0.728. The number of amides is 1. The van der Waals surface area contributed by atoms with Crippen LogP contribution in [0.3, 0.4) is 0 Å². The van der Waals surface area contributed by atoms with Crippen molar-refractivity contribution in [2.75, 3.05) is 30.2 Å². The van der Waals surface area contributed by atoms with Crippen LogP contribution in [-0.4, -0.2) is 30.0 Å². The van der Waals surface area contributed by atoms with Crippen LogP contribution in [0.15, 0.2) is 30.6 Å². The largest absolute Gasteiger partial charge is 0.393 e. The van der Waals surface area contributed by atoms with Crippen LogP contribution in [0.1, 0.15) is 10.4 Å². The van der Waals surface area contributed by atoms with E-state index in [1.807, 2.05) is 0 Å². The third-order valence-electron chi connectivity index (χ3n) is 2.70. The van der Waals surface area contributed by atoms with E-state index < -0.39 is 11.7 Å². The fourth-order valence-corrected chi connectivity index (χ4v) is 1.67. The normalized spacial score (nSPS) is 10.0. The second-order valence-corrected chi connectivity index (χ2v) is 4.41. The van der Waals surface area contributed by atoms with Gasteiger partial charge in [-0.05, 0) is 12.1 Å². The molecule has 7 nitrogen and oxygen atoms in total. The van der Waals surface area contributed by atoms with Crippen LogP contribution >= 0.6 is 0 Å². The third kappa shape index (κ3) is 3.16. The van der Waals surface area contributed by atoms with E-state index in [1.165, 1.54) is 24.5 Å². The van der Waals surface area contributed by atoms with Gasteiger partial charge in [0.2, 0.25) is 0 Å². The average Bonchev–Trinajstić information content (AvgIpc) is 2.46. The van der Waals surface area contributed by atoms with Crippen molar-refractivity contribution in [2.45, 2.75) is 0 Å². The highest BCUT2D eigenvalue weighted by molar-refractivity contribution is 5.95. The van der Waals surface area contributed by atoms with Gasteiger partial charge in [0.25, 0.3) is 5.91 Å². The van der Waals surface area contributed by atoms with Crippen molar-refractivity contribution in [3.63, 3.8) is 0 Å². The van der Waals surface area contributed by atoms with E-state index >= 15 is 0 Å². The number of hydrogen-bond donors (Lipinski definition) is 3. The van der Waals surface area contributed by atoms with Gasteiger partial charge in [0.1, 0.15) is 17.8 Å². The van der Waals surface area contributed by atoms with E-state index in [9.17, 15) is 9.18 Å². The first-order valence-electron chi connectivity index (χ1n) is 6.09. The first-order valence-corrected chi connectivity index (χ1v) is 6.09. The maximum atomic E-state index is 13.5. The van der Waals surface area contributed by atoms with Crippen LogP contribution in [0.25, 0.3) is 0 Å². The lowest BCUT2D eigenvalue weighted by atomic mass is 10.2. The van der Waals surface area contributed by atoms with Gasteiger partial charge in [-0.2, -0.15) is 0 Å². The molecule has 0 saturated heterocycles. The molecule has 1 heterocycles. The molecule has 0 fully saturated rings. The van der Waals surface area contributed by atoms with E-state index in [0.29, 0.717) is 5.82 Å². The van der Waals surface area contributed by atoms with Crippen LogP contribution in [0.4, 0.5) is 21.7 Å². The van der Waals surface area contributed by atoms with Crippen molar-refractivity contribution in [3.8, 4) is 0 Å². The first kappa shape index (κ1) is 14.5. The molecule has 110 valence electrons. The van der Waals surface area contributed by atoms with Gasteiger partial charge in [0.05, 0.1) is 5.56 Å². The van der Waals surface area contributed by atoms with E-state index in [-0.39, 0.29) is 17.1 Å². The molecule has 0 atom stereocenters. The Bertz CT molecular complexity index is 661. The highest BCUT2D eigenvalue weighted by Crippen LogP contribution is 2.23. The molecule has 1 aromatic carbocycles. The third-order valence-corrected chi connectivity index (χ3v) is 2.70. The summed E-state index contributed by atoms with van der Waals surface area (Å²) in [6.07, 6.45) is 1.31. The lowest BCUT2D eigenvalue weighted by Gasteiger charge is -2.16. The fourth-order valence-electron chi connectivity index (χ4n) is 1.67. The number of hydrogen-bond acceptors (Lipinski definition) is 6. The predicted molar refractivity (Wildman–Crippen MR) is 78.3 cm³/mol. The van der Waals surface area contributed by atoms with Gasteiger partial charge in [-0.25, -0.2) is 14.4 Å². The van der Waals surface area contributed by atoms with Crippen LogP contribution in [0.2, 0.25) is 0 Å². The Labute approximate surface area is 121 Å². The molecule has 0 bridgehead atoms. The Morgan fingerprint density at radius 2 is 2.00 bits per heavy atom. The number of nitrogen functional groups attached to an aromatic ring is 1. The number of nitrogens with zero attached hydrogens (tertiary/aromatic N) is 3. The van der Waals surface area contributed by atoms with Crippen LogP contribution < -0.4 is 21.5 Å². The molecule has 0 aliphatic rings. The van der Waals surface area contributed by atoms with E-state index in [0.717, 1.165) is 0 Å². The number of anilines is 3. The van der Waals surface area contributed by atoms with Crippen LogP contribution in [0.5, 0.6) is 0 Å². The molecular weight excluding hydrogens is 275 g/mol. The molecule has 0 spiro atoms. The zero-order valence-electron chi connectivity index (χ0n) is 11.6. The molecule has 21 heavy (non-hydrogen) atoms. The van der Waals surface area contributed by atoms with Crippen molar-refractivity contribution >= 4 is 23.2 Å². The summed E-state index contributed by atoms with van der Waals surface area (Å²) in [5.74, 6) is -0.495. The lowest BCUT2D eigenvalue weighted by molar-refractivity contribution is 0.0958. The second-order valence-electron chi connectivity index (χ2n) is 4.41. The van der Waals surface area contributed by atoms with Crippen molar-refractivity contribution in [3.05, 3.63) is 42.0 Å². The van der Waals surface area contributed by atoms with Gasteiger partial charge in [-0.15, -0.1) is 0 Å². The SMILES string of the molecule is CN(C)c1ncnc(NNC(=O)c2ccccc2F)c1N. The molecule has 8 heteroatoms. The van der Waals surface area contributed by atoms with Crippen molar-refractivity contribution in [1.82, 2.24) is 15.4 Å². The molecule has 0 saturated carbocycles. The highest BCUT2D eigenvalue weighted by atomic mass is 19.1. The van der Waals surface area contributed by atoms with Gasteiger partial charge < -0.3 is 10.6 Å². The Morgan fingerprint density at radius 1 is 1.29 bits per heavy atom. The smallest absolute Gasteiger partial charge is 0.272 e. The second kappa shape index (κ2) is 6.04. The van der Waals surface area contributed by atoms with Crippen LogP contribution in [-0.2, 0) is 0 Å². The zero-order valence-corrected chi connectivity index (χ0v) is 11.6. The minimum Gasteiger partial charge on any atom is -0.393 e. The lowest BCUT2D eigenvalue weighted by Crippen LogP contribution is -2.31. The van der Waals surface area contributed by atoms with Crippen molar-refractivity contribution < 1.29 is 9.18 Å². The number of carbonyl (C=O) groups excluding carboxylic acids is 1. The highest BCUT2D eigenvalue weighted by Gasteiger charge is 2.13. The molecule has 1 aromatic heterocycles. The minimum atomic E-state index is -0.627. The molecule has 2 aromatic rings. The molecule has 2 rings (SSSR count). The van der Waals surface area contributed by atoms with E-state index in [4.69, 9.17) is 5.73 Å². The Kier molecular flexibility index (Phi) is 4.17. The number of nitrogens with two attached hydrogens (primary N) is 1. The van der Waals surface area contributed by atoms with Crippen LogP contribution in [0, 0.1) is 5.82 Å². The molecule has 0 aliphatic carbocycles. The Balaban J connectivity index is 2.12. The summed E-state index contributed by atoms with van der Waals surface area (Å²) in [5.41, 5.74) is 11.0. The topological polar surface area (TPSA) is 96.2 Å². The first-order chi connectivity index (χ1) is 10.0. The van der Waals surface area contributed by atoms with E-state index in [1.54, 1.807) is 25.1 Å². The monoisotopic (exact) mass is 290 g/mol. The summed E-state index contributed by atoms with van der Waals surface area (Å²) < 4.78 is 13.5.